The number of aliphatic hydroxyl groups excluding tert-OH is 3. The van der Waals surface area contributed by atoms with Crippen LogP contribution in [0.15, 0.2) is 30.5 Å². The van der Waals surface area contributed by atoms with Crippen LogP contribution in [0.5, 0.6) is 0 Å². The second kappa shape index (κ2) is 5.32. The Bertz CT molecular complexity index is 792. The van der Waals surface area contributed by atoms with Crippen LogP contribution in [0.2, 0.25) is 0 Å². The Hall–Kier alpha value is -2.39. The second-order valence-corrected chi connectivity index (χ2v) is 5.80. The van der Waals surface area contributed by atoms with Crippen LogP contribution in [-0.4, -0.2) is 61.6 Å². The lowest BCUT2D eigenvalue weighted by Crippen LogP contribution is -2.33. The summed E-state index contributed by atoms with van der Waals surface area (Å²) in [7, 11) is 0. The van der Waals surface area contributed by atoms with Crippen molar-refractivity contribution in [2.45, 2.75) is 24.5 Å². The molecule has 1 aliphatic heterocycles. The quantitative estimate of drug-likeness (QED) is 0.566. The molecule has 24 heavy (non-hydrogen) atoms. The van der Waals surface area contributed by atoms with Crippen LogP contribution in [0, 0.1) is 0 Å². The highest BCUT2D eigenvalue weighted by Gasteiger charge is 2.45. The number of carbonyl (C=O) groups excluding carboxylic acids is 2. The number of ether oxygens (including phenoxy) is 1. The van der Waals surface area contributed by atoms with Gasteiger partial charge in [-0.2, -0.15) is 5.10 Å². The number of carbonyl (C=O) groups is 2. The van der Waals surface area contributed by atoms with E-state index < -0.39 is 31.1 Å². The summed E-state index contributed by atoms with van der Waals surface area (Å²) >= 11 is 0. The van der Waals surface area contributed by atoms with E-state index >= 15 is 0 Å². The molecule has 124 valence electrons. The van der Waals surface area contributed by atoms with Gasteiger partial charge in [-0.05, 0) is 0 Å². The SMILES string of the molecule is O=C1c2ccccc2C(=O)c2nn([C@@H]3O[C@H](CO)[C@@H](O)[C@H]3O)cc21. The monoisotopic (exact) mass is 330 g/mol. The first-order chi connectivity index (χ1) is 11.5. The molecule has 1 aromatic carbocycles. The van der Waals surface area contributed by atoms with E-state index in [1.54, 1.807) is 24.3 Å². The molecule has 1 saturated heterocycles. The predicted octanol–water partition coefficient (Wildman–Crippen LogP) is -0.730. The number of nitrogens with zero attached hydrogens (tertiary/aromatic N) is 2. The maximum absolute atomic E-state index is 12.5. The maximum Gasteiger partial charge on any atom is 0.214 e. The van der Waals surface area contributed by atoms with E-state index in [1.807, 2.05) is 0 Å². The van der Waals surface area contributed by atoms with Gasteiger partial charge in [-0.25, -0.2) is 4.68 Å². The molecule has 3 N–H and O–H groups in total. The Labute approximate surface area is 135 Å². The summed E-state index contributed by atoms with van der Waals surface area (Å²) in [5.41, 5.74) is 0.685. The normalized spacial score (nSPS) is 28.8. The summed E-state index contributed by atoms with van der Waals surface area (Å²) in [6.45, 7) is -0.473. The zero-order valence-electron chi connectivity index (χ0n) is 12.4. The first-order valence-corrected chi connectivity index (χ1v) is 7.43. The van der Waals surface area contributed by atoms with E-state index in [0.717, 1.165) is 4.68 Å². The molecule has 0 spiro atoms. The number of benzene rings is 1. The Morgan fingerprint density at radius 2 is 1.71 bits per heavy atom. The number of aromatic nitrogens is 2. The maximum atomic E-state index is 12.5. The van der Waals surface area contributed by atoms with Crippen LogP contribution in [-0.2, 0) is 4.74 Å². The van der Waals surface area contributed by atoms with Crippen LogP contribution in [0.1, 0.15) is 38.2 Å². The Morgan fingerprint density at radius 3 is 2.33 bits per heavy atom. The van der Waals surface area contributed by atoms with Crippen LogP contribution in [0.4, 0.5) is 0 Å². The van der Waals surface area contributed by atoms with Crippen molar-refractivity contribution in [3.63, 3.8) is 0 Å². The van der Waals surface area contributed by atoms with Crippen LogP contribution < -0.4 is 0 Å². The lowest BCUT2D eigenvalue weighted by atomic mass is 9.88. The van der Waals surface area contributed by atoms with Crippen molar-refractivity contribution in [2.24, 2.45) is 0 Å². The fraction of sp³-hybridized carbons (Fsp3) is 0.312. The summed E-state index contributed by atoms with van der Waals surface area (Å²) in [6, 6.07) is 6.47. The Morgan fingerprint density at radius 1 is 1.04 bits per heavy atom. The lowest BCUT2D eigenvalue weighted by molar-refractivity contribution is -0.0587. The molecular formula is C16H14N2O6. The van der Waals surface area contributed by atoms with Crippen LogP contribution in [0.25, 0.3) is 0 Å². The van der Waals surface area contributed by atoms with Gasteiger partial charge in [0.15, 0.2) is 12.0 Å². The molecule has 4 atom stereocenters. The molecule has 8 heteroatoms. The van der Waals surface area contributed by atoms with Gasteiger partial charge in [0, 0.05) is 17.3 Å². The molecule has 1 aromatic heterocycles. The van der Waals surface area contributed by atoms with E-state index in [0.29, 0.717) is 5.56 Å². The van der Waals surface area contributed by atoms with Crippen molar-refractivity contribution in [1.29, 1.82) is 0 Å². The minimum atomic E-state index is -1.34. The molecule has 2 aliphatic rings. The van der Waals surface area contributed by atoms with E-state index in [1.165, 1.54) is 6.20 Å². The largest absolute Gasteiger partial charge is 0.394 e. The molecule has 4 rings (SSSR count). The molecule has 2 aromatic rings. The summed E-state index contributed by atoms with van der Waals surface area (Å²) in [5, 5.41) is 33.1. The molecule has 0 saturated carbocycles. The van der Waals surface area contributed by atoms with E-state index in [9.17, 15) is 19.8 Å². The van der Waals surface area contributed by atoms with Gasteiger partial charge >= 0.3 is 0 Å². The van der Waals surface area contributed by atoms with Gasteiger partial charge < -0.3 is 20.1 Å². The first kappa shape index (κ1) is 15.2. The number of ketones is 2. The van der Waals surface area contributed by atoms with Crippen molar-refractivity contribution in [2.75, 3.05) is 6.61 Å². The fourth-order valence-electron chi connectivity index (χ4n) is 3.11. The van der Waals surface area contributed by atoms with Gasteiger partial charge in [0.2, 0.25) is 5.78 Å². The molecule has 2 heterocycles. The van der Waals surface area contributed by atoms with E-state index in [-0.39, 0.29) is 28.4 Å². The molecule has 1 aliphatic carbocycles. The van der Waals surface area contributed by atoms with Crippen molar-refractivity contribution >= 4 is 11.6 Å². The van der Waals surface area contributed by atoms with E-state index in [2.05, 4.69) is 5.10 Å². The highest BCUT2D eigenvalue weighted by Crippen LogP contribution is 2.32. The van der Waals surface area contributed by atoms with Crippen molar-refractivity contribution < 1.29 is 29.6 Å². The Balaban J connectivity index is 1.76. The molecule has 0 radical (unpaired) electrons. The smallest absolute Gasteiger partial charge is 0.214 e. The molecule has 8 nitrogen and oxygen atoms in total. The van der Waals surface area contributed by atoms with Crippen molar-refractivity contribution in [3.8, 4) is 0 Å². The Kier molecular flexibility index (Phi) is 3.36. The fourth-order valence-corrected chi connectivity index (χ4v) is 3.11. The predicted molar refractivity (Wildman–Crippen MR) is 78.5 cm³/mol. The van der Waals surface area contributed by atoms with E-state index in [4.69, 9.17) is 9.84 Å². The van der Waals surface area contributed by atoms with Crippen molar-refractivity contribution in [1.82, 2.24) is 9.78 Å². The molecule has 0 amide bonds. The van der Waals surface area contributed by atoms with Gasteiger partial charge in [0.1, 0.15) is 24.0 Å². The van der Waals surface area contributed by atoms with Crippen LogP contribution >= 0.6 is 0 Å². The highest BCUT2D eigenvalue weighted by atomic mass is 16.6. The van der Waals surface area contributed by atoms with Gasteiger partial charge in [-0.15, -0.1) is 0 Å². The summed E-state index contributed by atoms with van der Waals surface area (Å²) < 4.78 is 6.52. The summed E-state index contributed by atoms with van der Waals surface area (Å²) in [4.78, 5) is 25.1. The number of fused-ring (bicyclic) bond motifs is 2. The average molecular weight is 330 g/mol. The zero-order chi connectivity index (χ0) is 17.0. The number of aliphatic hydroxyl groups is 3. The van der Waals surface area contributed by atoms with Gasteiger partial charge in [-0.3, -0.25) is 9.59 Å². The molecular weight excluding hydrogens is 316 g/mol. The van der Waals surface area contributed by atoms with Gasteiger partial charge in [0.25, 0.3) is 0 Å². The third kappa shape index (κ3) is 1.98. The second-order valence-electron chi connectivity index (χ2n) is 5.80. The van der Waals surface area contributed by atoms with Crippen molar-refractivity contribution in [3.05, 3.63) is 52.8 Å². The summed E-state index contributed by atoms with van der Waals surface area (Å²) in [5.74, 6) is -0.719. The third-order valence-electron chi connectivity index (χ3n) is 4.39. The minimum Gasteiger partial charge on any atom is -0.394 e. The average Bonchev–Trinajstić information content (AvgIpc) is 3.16. The lowest BCUT2D eigenvalue weighted by Gasteiger charge is -2.14. The molecule has 0 unspecified atom stereocenters. The van der Waals surface area contributed by atoms with Crippen LogP contribution in [0.3, 0.4) is 0 Å². The zero-order valence-corrected chi connectivity index (χ0v) is 12.4. The highest BCUT2D eigenvalue weighted by molar-refractivity contribution is 6.27. The molecule has 0 bridgehead atoms. The standard InChI is InChI=1S/C16H14N2O6/c19-6-10-14(22)15(23)16(24-10)18-5-9-11(17-18)13(21)8-4-2-1-3-7(8)12(9)20/h1-5,10,14-16,19,22-23H,6H2/t10-,14-,15-,16-/m1/s1. The van der Waals surface area contributed by atoms with Gasteiger partial charge in [-0.1, -0.05) is 24.3 Å². The first-order valence-electron chi connectivity index (χ1n) is 7.43. The third-order valence-corrected chi connectivity index (χ3v) is 4.39. The number of hydrogen-bond acceptors (Lipinski definition) is 7. The summed E-state index contributed by atoms with van der Waals surface area (Å²) in [6.07, 6.45) is -3.35. The molecule has 1 fully saturated rings. The van der Waals surface area contributed by atoms with Gasteiger partial charge in [0.05, 0.1) is 12.2 Å². The minimum absolute atomic E-state index is 0.0172. The number of rotatable bonds is 2. The topological polar surface area (TPSA) is 122 Å². The number of hydrogen-bond donors (Lipinski definition) is 3.